The average Bonchev–Trinajstić information content (AvgIpc) is 3.09. The number of hydrogen-bond acceptors (Lipinski definition) is 7. The van der Waals surface area contributed by atoms with Crippen LogP contribution in [0.25, 0.3) is 0 Å². The third kappa shape index (κ3) is 6.95. The van der Waals surface area contributed by atoms with Crippen LogP contribution in [0.1, 0.15) is 56.8 Å². The summed E-state index contributed by atoms with van der Waals surface area (Å²) in [5.74, 6) is 0.0160. The number of nitrogens with zero attached hydrogens (tertiary/aromatic N) is 2. The highest BCUT2D eigenvalue weighted by Crippen LogP contribution is 2.30. The highest BCUT2D eigenvalue weighted by molar-refractivity contribution is 8.02. The van der Waals surface area contributed by atoms with Gasteiger partial charge in [0.25, 0.3) is 0 Å². The largest absolute Gasteiger partial charge is 0.360 e. The van der Waals surface area contributed by atoms with Gasteiger partial charge in [-0.05, 0) is 44.0 Å². The van der Waals surface area contributed by atoms with Crippen molar-refractivity contribution in [3.8, 4) is 0 Å². The lowest BCUT2D eigenvalue weighted by Crippen LogP contribution is -2.14. The second-order valence-electron chi connectivity index (χ2n) is 6.15. The van der Waals surface area contributed by atoms with Gasteiger partial charge in [0.15, 0.2) is 10.1 Å². The molecule has 0 aliphatic heterocycles. The van der Waals surface area contributed by atoms with Crippen LogP contribution in [0.2, 0.25) is 0 Å². The number of rotatable bonds is 11. The lowest BCUT2D eigenvalue weighted by molar-refractivity contribution is -0.116. The molecule has 8 heteroatoms. The van der Waals surface area contributed by atoms with E-state index >= 15 is 0 Å². The highest BCUT2D eigenvalue weighted by atomic mass is 32.2. The highest BCUT2D eigenvalue weighted by Gasteiger charge is 2.19. The minimum Gasteiger partial charge on any atom is -0.360 e. The fraction of sp³-hybridized carbons (Fsp3) is 0.474. The summed E-state index contributed by atoms with van der Waals surface area (Å²) in [7, 11) is 0. The Morgan fingerprint density at radius 1 is 1.15 bits per heavy atom. The standard InChI is InChI=1S/C19H26N4O2S2/c1-4-6-12-20-18-22-23-19(27-18)26-13(3)17(25)14-8-10-15(11-9-14)21-16(24)7-5-2/h8-11,13H,4-7,12H2,1-3H3,(H,20,22)(H,21,24). The van der Waals surface area contributed by atoms with Gasteiger partial charge >= 0.3 is 0 Å². The first-order valence-corrected chi connectivity index (χ1v) is 10.9. The van der Waals surface area contributed by atoms with E-state index in [1.807, 2.05) is 13.8 Å². The maximum atomic E-state index is 12.6. The Bertz CT molecular complexity index is 746. The zero-order valence-corrected chi connectivity index (χ0v) is 17.6. The molecule has 1 aromatic carbocycles. The molecule has 1 heterocycles. The number of carbonyl (C=O) groups is 2. The van der Waals surface area contributed by atoms with Gasteiger partial charge in [-0.1, -0.05) is 43.4 Å². The molecule has 1 amide bonds. The molecule has 2 rings (SSSR count). The maximum Gasteiger partial charge on any atom is 0.224 e. The zero-order chi connectivity index (χ0) is 19.6. The van der Waals surface area contributed by atoms with Gasteiger partial charge in [-0.25, -0.2) is 0 Å². The van der Waals surface area contributed by atoms with E-state index in [4.69, 9.17) is 0 Å². The number of unbranched alkanes of at least 4 members (excludes halogenated alkanes) is 1. The summed E-state index contributed by atoms with van der Waals surface area (Å²) >= 11 is 2.88. The molecule has 1 atom stereocenters. The van der Waals surface area contributed by atoms with Crippen molar-refractivity contribution >= 4 is 45.6 Å². The van der Waals surface area contributed by atoms with Crippen molar-refractivity contribution in [1.82, 2.24) is 10.2 Å². The van der Waals surface area contributed by atoms with Crippen LogP contribution in [0.3, 0.4) is 0 Å². The van der Waals surface area contributed by atoms with Crippen molar-refractivity contribution in [2.45, 2.75) is 56.0 Å². The first-order valence-electron chi connectivity index (χ1n) is 9.21. The minimum atomic E-state index is -0.262. The van der Waals surface area contributed by atoms with E-state index in [0.29, 0.717) is 17.7 Å². The van der Waals surface area contributed by atoms with Gasteiger partial charge in [-0.3, -0.25) is 9.59 Å². The van der Waals surface area contributed by atoms with Crippen LogP contribution in [0.4, 0.5) is 10.8 Å². The van der Waals surface area contributed by atoms with Gasteiger partial charge in [-0.15, -0.1) is 10.2 Å². The Morgan fingerprint density at radius 3 is 2.56 bits per heavy atom. The van der Waals surface area contributed by atoms with E-state index in [2.05, 4.69) is 27.8 Å². The summed E-state index contributed by atoms with van der Waals surface area (Å²) in [6.45, 7) is 6.85. The number of ketones is 1. The van der Waals surface area contributed by atoms with Crippen molar-refractivity contribution in [2.75, 3.05) is 17.2 Å². The SMILES string of the molecule is CCCCNc1nnc(SC(C)C(=O)c2ccc(NC(=O)CCC)cc2)s1. The van der Waals surface area contributed by atoms with E-state index in [1.165, 1.54) is 23.1 Å². The smallest absolute Gasteiger partial charge is 0.224 e. The summed E-state index contributed by atoms with van der Waals surface area (Å²) < 4.78 is 0.776. The Hall–Kier alpha value is -1.93. The summed E-state index contributed by atoms with van der Waals surface area (Å²) in [6, 6.07) is 7.02. The number of nitrogens with one attached hydrogen (secondary N) is 2. The molecule has 0 fully saturated rings. The molecule has 1 aromatic heterocycles. The number of aromatic nitrogens is 2. The molecule has 0 radical (unpaired) electrons. The number of carbonyl (C=O) groups excluding carboxylic acids is 2. The lowest BCUT2D eigenvalue weighted by atomic mass is 10.1. The van der Waals surface area contributed by atoms with Crippen LogP contribution < -0.4 is 10.6 Å². The molecule has 0 aliphatic carbocycles. The van der Waals surface area contributed by atoms with E-state index < -0.39 is 0 Å². The van der Waals surface area contributed by atoms with Crippen LogP contribution in [0, 0.1) is 0 Å². The van der Waals surface area contributed by atoms with Gasteiger partial charge in [0.2, 0.25) is 11.0 Å². The Balaban J connectivity index is 1.90. The summed E-state index contributed by atoms with van der Waals surface area (Å²) in [5.41, 5.74) is 1.33. The molecule has 2 N–H and O–H groups in total. The molecule has 1 unspecified atom stereocenters. The fourth-order valence-corrected chi connectivity index (χ4v) is 4.31. The first-order chi connectivity index (χ1) is 13.0. The topological polar surface area (TPSA) is 84.0 Å². The minimum absolute atomic E-state index is 0.0138. The van der Waals surface area contributed by atoms with Crippen LogP contribution in [-0.4, -0.2) is 33.7 Å². The molecular weight excluding hydrogens is 380 g/mol. The van der Waals surface area contributed by atoms with Gasteiger partial charge in [0, 0.05) is 24.2 Å². The Morgan fingerprint density at radius 2 is 1.89 bits per heavy atom. The normalized spacial score (nSPS) is 11.8. The van der Waals surface area contributed by atoms with Crippen LogP contribution in [0.15, 0.2) is 28.6 Å². The van der Waals surface area contributed by atoms with Crippen LogP contribution in [-0.2, 0) is 4.79 Å². The lowest BCUT2D eigenvalue weighted by Gasteiger charge is -2.09. The van der Waals surface area contributed by atoms with E-state index in [9.17, 15) is 9.59 Å². The fourth-order valence-electron chi connectivity index (χ4n) is 2.31. The van der Waals surface area contributed by atoms with Gasteiger partial charge in [-0.2, -0.15) is 0 Å². The molecule has 6 nitrogen and oxygen atoms in total. The van der Waals surface area contributed by atoms with Gasteiger partial charge in [0.05, 0.1) is 5.25 Å². The molecule has 0 saturated carbocycles. The van der Waals surface area contributed by atoms with E-state index in [1.54, 1.807) is 24.3 Å². The third-order valence-electron chi connectivity index (χ3n) is 3.79. The van der Waals surface area contributed by atoms with Crippen molar-refractivity contribution in [3.63, 3.8) is 0 Å². The quantitative estimate of drug-likeness (QED) is 0.315. The van der Waals surface area contributed by atoms with Gasteiger partial charge in [0.1, 0.15) is 0 Å². The van der Waals surface area contributed by atoms with E-state index in [-0.39, 0.29) is 16.9 Å². The number of benzene rings is 1. The van der Waals surface area contributed by atoms with E-state index in [0.717, 1.165) is 35.3 Å². The molecule has 2 aromatic rings. The molecular formula is C19H26N4O2S2. The second-order valence-corrected chi connectivity index (χ2v) is 8.72. The zero-order valence-electron chi connectivity index (χ0n) is 15.9. The number of amides is 1. The van der Waals surface area contributed by atoms with Crippen LogP contribution in [0.5, 0.6) is 0 Å². The maximum absolute atomic E-state index is 12.6. The molecule has 0 bridgehead atoms. The third-order valence-corrected chi connectivity index (χ3v) is 5.86. The predicted octanol–water partition coefficient (Wildman–Crippen LogP) is 4.85. The second kappa shape index (κ2) is 11.0. The van der Waals surface area contributed by atoms with Gasteiger partial charge < -0.3 is 10.6 Å². The summed E-state index contributed by atoms with van der Waals surface area (Å²) in [4.78, 5) is 24.3. The molecule has 0 spiro atoms. The number of anilines is 2. The van der Waals surface area contributed by atoms with Crippen molar-refractivity contribution < 1.29 is 9.59 Å². The van der Waals surface area contributed by atoms with Crippen molar-refractivity contribution in [3.05, 3.63) is 29.8 Å². The van der Waals surface area contributed by atoms with Crippen LogP contribution >= 0.6 is 23.1 Å². The summed E-state index contributed by atoms with van der Waals surface area (Å²) in [6.07, 6.45) is 3.51. The van der Waals surface area contributed by atoms with Crippen molar-refractivity contribution in [1.29, 1.82) is 0 Å². The number of thioether (sulfide) groups is 1. The molecule has 0 saturated heterocycles. The molecule has 27 heavy (non-hydrogen) atoms. The summed E-state index contributed by atoms with van der Waals surface area (Å²) in [5, 5.41) is 14.9. The van der Waals surface area contributed by atoms with Crippen molar-refractivity contribution in [2.24, 2.45) is 0 Å². The Kier molecular flexibility index (Phi) is 8.74. The Labute approximate surface area is 168 Å². The predicted molar refractivity (Wildman–Crippen MR) is 113 cm³/mol. The number of hydrogen-bond donors (Lipinski definition) is 2. The first kappa shape index (κ1) is 21.4. The average molecular weight is 407 g/mol. The molecule has 146 valence electrons. The molecule has 0 aliphatic rings. The number of Topliss-reactive ketones (excluding diaryl/α,β-unsaturated/α-hetero) is 1. The monoisotopic (exact) mass is 406 g/mol.